The third-order valence-electron chi connectivity index (χ3n) is 5.62. The number of furan rings is 1. The molecule has 5 rings (SSSR count). The Hall–Kier alpha value is -3.12. The fourth-order valence-electron chi connectivity index (χ4n) is 4.13. The van der Waals surface area contributed by atoms with Gasteiger partial charge in [-0.3, -0.25) is 4.79 Å². The van der Waals surface area contributed by atoms with Crippen LogP contribution in [0.3, 0.4) is 0 Å². The first kappa shape index (κ1) is 17.0. The van der Waals surface area contributed by atoms with Crippen LogP contribution in [0.5, 0.6) is 0 Å². The number of para-hydroxylation sites is 2. The molecule has 0 spiro atoms. The number of benzene rings is 2. The number of fused-ring (bicyclic) bond motifs is 3. The molecule has 142 valence electrons. The predicted octanol–water partition coefficient (Wildman–Crippen LogP) is 1.88. The van der Waals surface area contributed by atoms with E-state index in [2.05, 4.69) is 41.1 Å². The molecular formula is C22H23N4O2+. The second-order valence-electron chi connectivity index (χ2n) is 7.49. The number of rotatable bonds is 3. The highest BCUT2D eigenvalue weighted by molar-refractivity contribution is 6.01. The minimum absolute atomic E-state index is 0.200. The van der Waals surface area contributed by atoms with Gasteiger partial charge in [0.25, 0.3) is 5.56 Å². The number of H-pyrrole nitrogens is 1. The molecule has 1 fully saturated rings. The highest BCUT2D eigenvalue weighted by Crippen LogP contribution is 2.24. The van der Waals surface area contributed by atoms with E-state index < -0.39 is 0 Å². The van der Waals surface area contributed by atoms with Crippen molar-refractivity contribution in [3.63, 3.8) is 0 Å². The Labute approximate surface area is 162 Å². The van der Waals surface area contributed by atoms with Crippen molar-refractivity contribution in [2.75, 3.05) is 31.1 Å². The molecule has 1 saturated heterocycles. The summed E-state index contributed by atoms with van der Waals surface area (Å²) in [6, 6.07) is 16.2. The molecule has 1 aliphatic rings. The van der Waals surface area contributed by atoms with Gasteiger partial charge in [-0.2, -0.15) is 0 Å². The summed E-state index contributed by atoms with van der Waals surface area (Å²) in [6.07, 6.45) is 0. The van der Waals surface area contributed by atoms with Gasteiger partial charge in [-0.15, -0.1) is 0 Å². The molecule has 28 heavy (non-hydrogen) atoms. The molecule has 6 heteroatoms. The molecule has 2 aromatic heterocycles. The first-order valence-corrected chi connectivity index (χ1v) is 9.73. The lowest BCUT2D eigenvalue weighted by atomic mass is 10.1. The summed E-state index contributed by atoms with van der Waals surface area (Å²) in [5.41, 5.74) is 4.10. The predicted molar refractivity (Wildman–Crippen MR) is 110 cm³/mol. The third-order valence-corrected chi connectivity index (χ3v) is 5.62. The van der Waals surface area contributed by atoms with E-state index in [1.54, 1.807) is 0 Å². The van der Waals surface area contributed by atoms with Gasteiger partial charge >= 0.3 is 0 Å². The molecule has 4 aromatic rings. The van der Waals surface area contributed by atoms with Crippen LogP contribution in [-0.2, 0) is 6.54 Å². The molecule has 0 bridgehead atoms. The second kappa shape index (κ2) is 6.80. The van der Waals surface area contributed by atoms with Crippen molar-refractivity contribution < 1.29 is 9.32 Å². The Morgan fingerprint density at radius 1 is 1.11 bits per heavy atom. The maximum Gasteiger partial charge on any atom is 0.294 e. The van der Waals surface area contributed by atoms with Crippen LogP contribution in [0.2, 0.25) is 0 Å². The largest absolute Gasteiger partial charge is 0.449 e. The Bertz CT molecular complexity index is 1200. The van der Waals surface area contributed by atoms with Gasteiger partial charge in [0, 0.05) is 11.1 Å². The van der Waals surface area contributed by atoms with E-state index in [1.807, 2.05) is 24.3 Å². The van der Waals surface area contributed by atoms with Gasteiger partial charge in [-0.1, -0.05) is 30.3 Å². The van der Waals surface area contributed by atoms with Gasteiger partial charge in [-0.05, 0) is 30.7 Å². The van der Waals surface area contributed by atoms with Crippen molar-refractivity contribution in [3.05, 3.63) is 70.3 Å². The van der Waals surface area contributed by atoms with Crippen LogP contribution in [0.15, 0.2) is 57.7 Å². The number of nitrogens with one attached hydrogen (secondary N) is 2. The zero-order chi connectivity index (χ0) is 19.1. The number of anilines is 1. The molecular weight excluding hydrogens is 352 g/mol. The number of piperazine rings is 1. The topological polar surface area (TPSA) is 66.6 Å². The second-order valence-corrected chi connectivity index (χ2v) is 7.49. The molecule has 0 atom stereocenters. The number of quaternary nitrogens is 1. The van der Waals surface area contributed by atoms with Gasteiger partial charge in [0.05, 0.1) is 26.2 Å². The lowest BCUT2D eigenvalue weighted by Crippen LogP contribution is -3.13. The summed E-state index contributed by atoms with van der Waals surface area (Å²) in [6.45, 7) is 6.91. The molecule has 2 N–H and O–H groups in total. The summed E-state index contributed by atoms with van der Waals surface area (Å²) in [7, 11) is 0. The van der Waals surface area contributed by atoms with Crippen molar-refractivity contribution >= 4 is 27.8 Å². The van der Waals surface area contributed by atoms with E-state index in [9.17, 15) is 4.79 Å². The average molecular weight is 375 g/mol. The van der Waals surface area contributed by atoms with E-state index in [0.717, 1.165) is 37.4 Å². The van der Waals surface area contributed by atoms with Crippen LogP contribution in [0.25, 0.3) is 22.1 Å². The highest BCUT2D eigenvalue weighted by atomic mass is 16.3. The van der Waals surface area contributed by atoms with Crippen LogP contribution in [0.4, 0.5) is 5.69 Å². The van der Waals surface area contributed by atoms with Crippen molar-refractivity contribution in [2.45, 2.75) is 13.5 Å². The van der Waals surface area contributed by atoms with Crippen molar-refractivity contribution in [1.82, 2.24) is 9.97 Å². The maximum absolute atomic E-state index is 12.5. The summed E-state index contributed by atoms with van der Waals surface area (Å²) in [5.74, 6) is 0.725. The molecule has 0 radical (unpaired) electrons. The van der Waals surface area contributed by atoms with Gasteiger partial charge in [0.2, 0.25) is 5.58 Å². The highest BCUT2D eigenvalue weighted by Gasteiger charge is 2.23. The van der Waals surface area contributed by atoms with E-state index in [1.165, 1.54) is 16.2 Å². The minimum Gasteiger partial charge on any atom is -0.449 e. The maximum atomic E-state index is 12.5. The first-order valence-electron chi connectivity index (χ1n) is 9.73. The molecule has 0 amide bonds. The third kappa shape index (κ3) is 2.96. The zero-order valence-electron chi connectivity index (χ0n) is 15.9. The fraction of sp³-hybridized carbons (Fsp3) is 0.273. The quantitative estimate of drug-likeness (QED) is 0.574. The first-order chi connectivity index (χ1) is 13.7. The Morgan fingerprint density at radius 3 is 2.68 bits per heavy atom. The van der Waals surface area contributed by atoms with E-state index >= 15 is 0 Å². The lowest BCUT2D eigenvalue weighted by molar-refractivity contribution is -0.915. The Morgan fingerprint density at radius 2 is 1.86 bits per heavy atom. The molecule has 6 nitrogen and oxygen atoms in total. The van der Waals surface area contributed by atoms with Crippen LogP contribution < -0.4 is 15.4 Å². The monoisotopic (exact) mass is 375 g/mol. The standard InChI is InChI=1S/C22H22N4O2/c1-15-6-2-4-8-17(15)26-12-10-25(11-13-26)14-19-23-20-16-7-3-5-9-18(16)28-21(20)22(27)24-19/h2-9H,10-14H2,1H3,(H,23,24,27)/p+1. The number of aromatic amines is 1. The van der Waals surface area contributed by atoms with Gasteiger partial charge < -0.3 is 19.2 Å². The SMILES string of the molecule is Cc1ccccc1N1CC[NH+](Cc2nc3c(oc4ccccc43)c(=O)[nH]2)CC1. The summed E-state index contributed by atoms with van der Waals surface area (Å²) in [4.78, 5) is 24.0. The molecule has 0 saturated carbocycles. The molecule has 2 aromatic carbocycles. The van der Waals surface area contributed by atoms with E-state index in [4.69, 9.17) is 9.40 Å². The van der Waals surface area contributed by atoms with Crippen molar-refractivity contribution in [3.8, 4) is 0 Å². The van der Waals surface area contributed by atoms with Crippen LogP contribution in [0, 0.1) is 6.92 Å². The molecule has 3 heterocycles. The average Bonchev–Trinajstić information content (AvgIpc) is 3.09. The van der Waals surface area contributed by atoms with Crippen molar-refractivity contribution in [1.29, 1.82) is 0 Å². The van der Waals surface area contributed by atoms with E-state index in [-0.39, 0.29) is 5.56 Å². The van der Waals surface area contributed by atoms with Gasteiger partial charge in [0.1, 0.15) is 17.6 Å². The normalized spacial score (nSPS) is 15.5. The minimum atomic E-state index is -0.200. The van der Waals surface area contributed by atoms with E-state index in [0.29, 0.717) is 23.2 Å². The van der Waals surface area contributed by atoms with Gasteiger partial charge in [-0.25, -0.2) is 4.98 Å². The smallest absolute Gasteiger partial charge is 0.294 e. The summed E-state index contributed by atoms with van der Waals surface area (Å²) in [5, 5.41) is 0.893. The molecule has 0 aliphatic carbocycles. The van der Waals surface area contributed by atoms with Crippen LogP contribution in [0.1, 0.15) is 11.4 Å². The number of aryl methyl sites for hydroxylation is 1. The van der Waals surface area contributed by atoms with Gasteiger partial charge in [0.15, 0.2) is 5.82 Å². The molecule has 1 aliphatic heterocycles. The number of nitrogens with zero attached hydrogens (tertiary/aromatic N) is 2. The summed E-state index contributed by atoms with van der Waals surface area (Å²) >= 11 is 0. The Kier molecular flexibility index (Phi) is 4.13. The number of hydrogen-bond donors (Lipinski definition) is 2. The van der Waals surface area contributed by atoms with Crippen LogP contribution in [-0.4, -0.2) is 36.1 Å². The zero-order valence-corrected chi connectivity index (χ0v) is 15.9. The number of aromatic nitrogens is 2. The van der Waals surface area contributed by atoms with Crippen LogP contribution >= 0.6 is 0 Å². The summed E-state index contributed by atoms with van der Waals surface area (Å²) < 4.78 is 5.68. The lowest BCUT2D eigenvalue weighted by Gasteiger charge is -2.34. The fourth-order valence-corrected chi connectivity index (χ4v) is 4.13. The molecule has 0 unspecified atom stereocenters. The Balaban J connectivity index is 1.36. The number of hydrogen-bond acceptors (Lipinski definition) is 4. The van der Waals surface area contributed by atoms with Crippen molar-refractivity contribution in [2.24, 2.45) is 0 Å².